The lowest BCUT2D eigenvalue weighted by Crippen LogP contribution is -2.28. The first-order chi connectivity index (χ1) is 8.22. The largest absolute Gasteiger partial charge is 0.396 e. The van der Waals surface area contributed by atoms with Gasteiger partial charge in [-0.05, 0) is 43.7 Å². The van der Waals surface area contributed by atoms with E-state index in [0.717, 1.165) is 19.5 Å². The Morgan fingerprint density at radius 1 is 1.35 bits per heavy atom. The summed E-state index contributed by atoms with van der Waals surface area (Å²) in [4.78, 5) is 2.51. The van der Waals surface area contributed by atoms with Gasteiger partial charge in [0.25, 0.3) is 0 Å². The van der Waals surface area contributed by atoms with Crippen LogP contribution in [0.2, 0.25) is 0 Å². The van der Waals surface area contributed by atoms with Crippen LogP contribution in [0.25, 0.3) is 0 Å². The van der Waals surface area contributed by atoms with Crippen molar-refractivity contribution < 1.29 is 5.11 Å². The number of aliphatic hydroxyl groups excluding tert-OH is 1. The molecule has 0 aromatic heterocycles. The molecule has 0 radical (unpaired) electrons. The van der Waals surface area contributed by atoms with Gasteiger partial charge in [0, 0.05) is 25.7 Å². The zero-order valence-electron chi connectivity index (χ0n) is 10.9. The Morgan fingerprint density at radius 2 is 2.12 bits per heavy atom. The van der Waals surface area contributed by atoms with Gasteiger partial charge in [0.05, 0.1) is 0 Å². The molecule has 0 spiro atoms. The normalized spacial score (nSPS) is 25.4. The average molecular weight is 233 g/mol. The van der Waals surface area contributed by atoms with E-state index in [9.17, 15) is 0 Å². The van der Waals surface area contributed by atoms with Gasteiger partial charge in [-0.3, -0.25) is 4.90 Å². The second-order valence-electron chi connectivity index (χ2n) is 5.21. The van der Waals surface area contributed by atoms with E-state index in [4.69, 9.17) is 5.11 Å². The standard InChI is InChI=1S/C15H23NO/c1-12-6-3-4-7-15(12)14-10-13(2)16(11-14)8-5-9-17/h3-4,6-7,13-14,17H,5,8-11H2,1-2H3/t13-,14-/m1/s1. The lowest BCUT2D eigenvalue weighted by molar-refractivity contribution is 0.219. The first-order valence-corrected chi connectivity index (χ1v) is 6.63. The Bertz CT molecular complexity index is 364. The molecule has 1 fully saturated rings. The summed E-state index contributed by atoms with van der Waals surface area (Å²) in [6.07, 6.45) is 2.14. The van der Waals surface area contributed by atoms with Crippen LogP contribution >= 0.6 is 0 Å². The van der Waals surface area contributed by atoms with Gasteiger partial charge in [-0.25, -0.2) is 0 Å². The lowest BCUT2D eigenvalue weighted by Gasteiger charge is -2.20. The van der Waals surface area contributed by atoms with Crippen molar-refractivity contribution in [2.75, 3.05) is 19.7 Å². The zero-order valence-corrected chi connectivity index (χ0v) is 10.9. The second kappa shape index (κ2) is 5.65. The predicted octanol–water partition coefficient (Wildman–Crippen LogP) is 2.56. The van der Waals surface area contributed by atoms with Crippen molar-refractivity contribution in [1.82, 2.24) is 4.90 Å². The minimum Gasteiger partial charge on any atom is -0.396 e. The predicted molar refractivity (Wildman–Crippen MR) is 71.3 cm³/mol. The molecule has 1 aromatic rings. The van der Waals surface area contributed by atoms with E-state index in [-0.39, 0.29) is 0 Å². The van der Waals surface area contributed by atoms with Crippen LogP contribution in [0, 0.1) is 6.92 Å². The molecule has 0 saturated carbocycles. The second-order valence-corrected chi connectivity index (χ2v) is 5.21. The number of likely N-dealkylation sites (tertiary alicyclic amines) is 1. The Balaban J connectivity index is 2.03. The topological polar surface area (TPSA) is 23.5 Å². The highest BCUT2D eigenvalue weighted by atomic mass is 16.3. The number of benzene rings is 1. The van der Waals surface area contributed by atoms with Gasteiger partial charge in [-0.15, -0.1) is 0 Å². The number of aliphatic hydroxyl groups is 1. The van der Waals surface area contributed by atoms with Gasteiger partial charge in [0.2, 0.25) is 0 Å². The van der Waals surface area contributed by atoms with E-state index in [0.29, 0.717) is 18.6 Å². The van der Waals surface area contributed by atoms with Gasteiger partial charge in [0.1, 0.15) is 0 Å². The number of nitrogens with zero attached hydrogens (tertiary/aromatic N) is 1. The summed E-state index contributed by atoms with van der Waals surface area (Å²) in [5.41, 5.74) is 2.92. The van der Waals surface area contributed by atoms with E-state index in [2.05, 4.69) is 43.0 Å². The summed E-state index contributed by atoms with van der Waals surface area (Å²) >= 11 is 0. The Kier molecular flexibility index (Phi) is 4.19. The molecule has 1 N–H and O–H groups in total. The fourth-order valence-corrected chi connectivity index (χ4v) is 2.95. The number of aryl methyl sites for hydroxylation is 1. The van der Waals surface area contributed by atoms with Crippen molar-refractivity contribution in [1.29, 1.82) is 0 Å². The van der Waals surface area contributed by atoms with Crippen LogP contribution in [0.3, 0.4) is 0 Å². The van der Waals surface area contributed by atoms with Crippen molar-refractivity contribution in [2.45, 2.75) is 38.6 Å². The molecule has 2 rings (SSSR count). The van der Waals surface area contributed by atoms with E-state index < -0.39 is 0 Å². The number of hydrogen-bond acceptors (Lipinski definition) is 2. The maximum absolute atomic E-state index is 8.91. The van der Waals surface area contributed by atoms with E-state index in [1.807, 2.05) is 0 Å². The van der Waals surface area contributed by atoms with Crippen LogP contribution in [0.1, 0.15) is 36.8 Å². The zero-order chi connectivity index (χ0) is 12.3. The molecule has 1 saturated heterocycles. The van der Waals surface area contributed by atoms with Gasteiger partial charge < -0.3 is 5.11 Å². The van der Waals surface area contributed by atoms with Gasteiger partial charge >= 0.3 is 0 Å². The third-order valence-corrected chi connectivity index (χ3v) is 3.94. The molecule has 0 amide bonds. The molecule has 0 bridgehead atoms. The van der Waals surface area contributed by atoms with Gasteiger partial charge in [-0.2, -0.15) is 0 Å². The molecule has 1 heterocycles. The summed E-state index contributed by atoms with van der Waals surface area (Å²) in [6.45, 7) is 6.98. The van der Waals surface area contributed by atoms with Crippen molar-refractivity contribution in [2.24, 2.45) is 0 Å². The highest BCUT2D eigenvalue weighted by molar-refractivity contribution is 5.30. The maximum Gasteiger partial charge on any atom is 0.0443 e. The summed E-state index contributed by atoms with van der Waals surface area (Å²) in [7, 11) is 0. The Morgan fingerprint density at radius 3 is 2.82 bits per heavy atom. The molecule has 2 heteroatoms. The van der Waals surface area contributed by atoms with Crippen LogP contribution in [-0.2, 0) is 0 Å². The van der Waals surface area contributed by atoms with Crippen LogP contribution in [0.15, 0.2) is 24.3 Å². The van der Waals surface area contributed by atoms with Crippen molar-refractivity contribution in [3.05, 3.63) is 35.4 Å². The maximum atomic E-state index is 8.91. The summed E-state index contributed by atoms with van der Waals surface area (Å²) in [6, 6.07) is 9.37. The first-order valence-electron chi connectivity index (χ1n) is 6.63. The first kappa shape index (κ1) is 12.6. The fourth-order valence-electron chi connectivity index (χ4n) is 2.95. The van der Waals surface area contributed by atoms with Gasteiger partial charge in [0.15, 0.2) is 0 Å². The minimum absolute atomic E-state index is 0.304. The quantitative estimate of drug-likeness (QED) is 0.864. The van der Waals surface area contributed by atoms with Crippen molar-refractivity contribution >= 4 is 0 Å². The average Bonchev–Trinajstić information content (AvgIpc) is 2.68. The molecule has 0 unspecified atom stereocenters. The Labute approximate surface area is 104 Å². The van der Waals surface area contributed by atoms with E-state index in [1.54, 1.807) is 0 Å². The monoisotopic (exact) mass is 233 g/mol. The molecular formula is C15H23NO. The molecular weight excluding hydrogens is 210 g/mol. The molecule has 1 aliphatic rings. The summed E-state index contributed by atoms with van der Waals surface area (Å²) < 4.78 is 0. The van der Waals surface area contributed by atoms with Crippen LogP contribution in [0.4, 0.5) is 0 Å². The molecule has 2 nitrogen and oxygen atoms in total. The minimum atomic E-state index is 0.304. The van der Waals surface area contributed by atoms with Gasteiger partial charge in [-0.1, -0.05) is 24.3 Å². The van der Waals surface area contributed by atoms with Crippen LogP contribution < -0.4 is 0 Å². The molecule has 0 aliphatic carbocycles. The highest BCUT2D eigenvalue weighted by Crippen LogP contribution is 2.32. The molecule has 1 aromatic carbocycles. The highest BCUT2D eigenvalue weighted by Gasteiger charge is 2.29. The van der Waals surface area contributed by atoms with Crippen LogP contribution in [-0.4, -0.2) is 35.7 Å². The lowest BCUT2D eigenvalue weighted by atomic mass is 9.93. The molecule has 2 atom stereocenters. The summed E-state index contributed by atoms with van der Waals surface area (Å²) in [5.74, 6) is 0.671. The molecule has 94 valence electrons. The van der Waals surface area contributed by atoms with Crippen molar-refractivity contribution in [3.8, 4) is 0 Å². The fraction of sp³-hybridized carbons (Fsp3) is 0.600. The summed E-state index contributed by atoms with van der Waals surface area (Å²) in [5, 5.41) is 8.91. The Hall–Kier alpha value is -0.860. The molecule has 17 heavy (non-hydrogen) atoms. The molecule has 1 aliphatic heterocycles. The van der Waals surface area contributed by atoms with E-state index >= 15 is 0 Å². The van der Waals surface area contributed by atoms with E-state index in [1.165, 1.54) is 17.5 Å². The van der Waals surface area contributed by atoms with Crippen molar-refractivity contribution in [3.63, 3.8) is 0 Å². The number of rotatable bonds is 4. The van der Waals surface area contributed by atoms with Crippen LogP contribution in [0.5, 0.6) is 0 Å². The number of hydrogen-bond donors (Lipinski definition) is 1. The smallest absolute Gasteiger partial charge is 0.0443 e. The third kappa shape index (κ3) is 2.88. The third-order valence-electron chi connectivity index (χ3n) is 3.94. The SMILES string of the molecule is Cc1ccccc1[C@@H]1C[C@@H](C)N(CCCO)C1.